The third-order valence-corrected chi connectivity index (χ3v) is 15.4. The minimum absolute atomic E-state index is 0.0612. The molecular weight excluding hydrogens is 877 g/mol. The Hall–Kier alpha value is -1.59. The van der Waals surface area contributed by atoms with Crippen molar-refractivity contribution in [2.75, 3.05) is 13.2 Å². The van der Waals surface area contributed by atoms with Crippen molar-refractivity contribution in [3.8, 4) is 0 Å². The Morgan fingerprint density at radius 2 is 0.493 bits per heavy atom. The van der Waals surface area contributed by atoms with E-state index in [9.17, 15) is 14.4 Å². The molecule has 0 saturated carbocycles. The Morgan fingerprint density at radius 3 is 0.732 bits per heavy atom. The standard InChI is InChI=1S/C65H126O6/c1-5-8-10-12-14-16-18-20-21-22-23-27-30-33-37-40-44-48-52-56-63(66)69-59-62(71-65(68)58-54-50-46-42-36-19-17-15-13-11-9-6-2)60-70-64(67)57-53-49-45-41-38-34-31-28-25-24-26-29-32-35-39-43-47-51-55-61(4)7-3/h61-62H,5-60H2,1-4H3/t61?,62-/m1/s1. The number of hydrogen-bond donors (Lipinski definition) is 0. The molecule has 0 aromatic heterocycles. The van der Waals surface area contributed by atoms with Gasteiger partial charge in [0.15, 0.2) is 6.10 Å². The highest BCUT2D eigenvalue weighted by Crippen LogP contribution is 2.19. The van der Waals surface area contributed by atoms with Gasteiger partial charge in [-0.1, -0.05) is 336 Å². The molecule has 0 aromatic rings. The lowest BCUT2D eigenvalue weighted by Gasteiger charge is -2.18. The molecule has 0 aliphatic heterocycles. The molecule has 0 rings (SSSR count). The zero-order valence-electron chi connectivity index (χ0n) is 48.7. The van der Waals surface area contributed by atoms with Gasteiger partial charge in [-0.15, -0.1) is 0 Å². The Balaban J connectivity index is 4.20. The van der Waals surface area contributed by atoms with E-state index < -0.39 is 6.10 Å². The van der Waals surface area contributed by atoms with Gasteiger partial charge in [-0.2, -0.15) is 0 Å². The molecule has 2 atom stereocenters. The van der Waals surface area contributed by atoms with Gasteiger partial charge < -0.3 is 14.2 Å². The maximum Gasteiger partial charge on any atom is 0.306 e. The summed E-state index contributed by atoms with van der Waals surface area (Å²) in [6.45, 7) is 9.13. The van der Waals surface area contributed by atoms with Crippen LogP contribution in [-0.2, 0) is 28.6 Å². The SMILES string of the molecule is CCCCCCCCCCCCCCCCCCCCCC(=O)OC[C@H](COC(=O)CCCCCCCCCCCCCCCCCCCCC(C)CC)OC(=O)CCCCCCCCCCCCCC. The van der Waals surface area contributed by atoms with E-state index in [1.54, 1.807) is 0 Å². The maximum atomic E-state index is 12.9. The minimum atomic E-state index is -0.762. The van der Waals surface area contributed by atoms with Gasteiger partial charge in [0.2, 0.25) is 0 Å². The summed E-state index contributed by atoms with van der Waals surface area (Å²) in [7, 11) is 0. The van der Waals surface area contributed by atoms with Crippen molar-refractivity contribution in [3.05, 3.63) is 0 Å². The predicted molar refractivity (Wildman–Crippen MR) is 307 cm³/mol. The third-order valence-electron chi connectivity index (χ3n) is 15.4. The first-order valence-electron chi connectivity index (χ1n) is 32.4. The molecular formula is C65H126O6. The summed E-state index contributed by atoms with van der Waals surface area (Å²) in [5.74, 6) is 0.0820. The highest BCUT2D eigenvalue weighted by atomic mass is 16.6. The van der Waals surface area contributed by atoms with Gasteiger partial charge in [0.1, 0.15) is 13.2 Å². The lowest BCUT2D eigenvalue weighted by atomic mass is 9.99. The number of rotatable bonds is 60. The fourth-order valence-electron chi connectivity index (χ4n) is 10.1. The average molecular weight is 1000 g/mol. The first kappa shape index (κ1) is 69.4. The molecule has 0 bridgehead atoms. The number of carbonyl (C=O) groups is 3. The summed E-state index contributed by atoms with van der Waals surface area (Å²) in [5, 5.41) is 0. The quantitative estimate of drug-likeness (QED) is 0.0343. The van der Waals surface area contributed by atoms with Crippen LogP contribution in [0.2, 0.25) is 0 Å². The van der Waals surface area contributed by atoms with Crippen molar-refractivity contribution in [2.24, 2.45) is 5.92 Å². The molecule has 1 unspecified atom stereocenters. The molecule has 71 heavy (non-hydrogen) atoms. The number of unbranched alkanes of at least 4 members (excludes halogenated alkanes) is 46. The molecule has 6 nitrogen and oxygen atoms in total. The zero-order chi connectivity index (χ0) is 51.6. The van der Waals surface area contributed by atoms with Crippen LogP contribution in [0.15, 0.2) is 0 Å². The summed E-state index contributed by atoms with van der Waals surface area (Å²) in [6, 6.07) is 0. The summed E-state index contributed by atoms with van der Waals surface area (Å²) in [5.41, 5.74) is 0. The Morgan fingerprint density at radius 1 is 0.282 bits per heavy atom. The van der Waals surface area contributed by atoms with Gasteiger partial charge in [-0.05, 0) is 25.2 Å². The van der Waals surface area contributed by atoms with Crippen molar-refractivity contribution >= 4 is 17.9 Å². The maximum absolute atomic E-state index is 12.9. The normalized spacial score (nSPS) is 12.3. The van der Waals surface area contributed by atoms with Crippen LogP contribution in [0.1, 0.15) is 374 Å². The van der Waals surface area contributed by atoms with E-state index in [2.05, 4.69) is 27.7 Å². The third kappa shape index (κ3) is 57.5. The van der Waals surface area contributed by atoms with Crippen LogP contribution in [0.4, 0.5) is 0 Å². The summed E-state index contributed by atoms with van der Waals surface area (Å²) < 4.78 is 16.9. The van der Waals surface area contributed by atoms with Gasteiger partial charge in [0.05, 0.1) is 0 Å². The highest BCUT2D eigenvalue weighted by Gasteiger charge is 2.19. The molecule has 0 aromatic carbocycles. The summed E-state index contributed by atoms with van der Waals surface area (Å²) >= 11 is 0. The average Bonchev–Trinajstić information content (AvgIpc) is 3.37. The number of carbonyl (C=O) groups excluding carboxylic acids is 3. The van der Waals surface area contributed by atoms with Crippen LogP contribution in [0.3, 0.4) is 0 Å². The second-order valence-electron chi connectivity index (χ2n) is 22.6. The second-order valence-corrected chi connectivity index (χ2v) is 22.6. The van der Waals surface area contributed by atoms with Gasteiger partial charge in [0.25, 0.3) is 0 Å². The van der Waals surface area contributed by atoms with Crippen LogP contribution in [0, 0.1) is 5.92 Å². The topological polar surface area (TPSA) is 78.9 Å². The molecule has 0 aliphatic rings. The molecule has 0 saturated heterocycles. The fraction of sp³-hybridized carbons (Fsp3) is 0.954. The van der Waals surface area contributed by atoms with Crippen molar-refractivity contribution in [3.63, 3.8) is 0 Å². The van der Waals surface area contributed by atoms with E-state index in [0.29, 0.717) is 19.3 Å². The molecule has 6 heteroatoms. The monoisotopic (exact) mass is 1000 g/mol. The molecule has 0 radical (unpaired) electrons. The van der Waals surface area contributed by atoms with E-state index >= 15 is 0 Å². The summed E-state index contributed by atoms with van der Waals surface area (Å²) in [6.07, 6.45) is 66.7. The number of esters is 3. The van der Waals surface area contributed by atoms with Crippen LogP contribution >= 0.6 is 0 Å². The van der Waals surface area contributed by atoms with Crippen molar-refractivity contribution in [1.82, 2.24) is 0 Å². The molecule has 422 valence electrons. The van der Waals surface area contributed by atoms with E-state index in [4.69, 9.17) is 14.2 Å². The predicted octanol–water partition coefficient (Wildman–Crippen LogP) is 21.7. The van der Waals surface area contributed by atoms with E-state index in [-0.39, 0.29) is 31.1 Å². The van der Waals surface area contributed by atoms with Gasteiger partial charge in [0, 0.05) is 19.3 Å². The molecule has 0 amide bonds. The van der Waals surface area contributed by atoms with Crippen LogP contribution in [-0.4, -0.2) is 37.2 Å². The highest BCUT2D eigenvalue weighted by molar-refractivity contribution is 5.71. The van der Waals surface area contributed by atoms with Crippen molar-refractivity contribution in [2.45, 2.75) is 381 Å². The summed E-state index contributed by atoms with van der Waals surface area (Å²) in [4.78, 5) is 38.3. The lowest BCUT2D eigenvalue weighted by Crippen LogP contribution is -2.30. The molecule has 0 fully saturated rings. The Kier molecular flexibility index (Phi) is 58.0. The largest absolute Gasteiger partial charge is 0.462 e. The molecule has 0 heterocycles. The van der Waals surface area contributed by atoms with Gasteiger partial charge in [-0.25, -0.2) is 0 Å². The number of ether oxygens (including phenoxy) is 3. The lowest BCUT2D eigenvalue weighted by molar-refractivity contribution is -0.167. The second kappa shape index (κ2) is 59.3. The van der Waals surface area contributed by atoms with Crippen molar-refractivity contribution < 1.29 is 28.6 Å². The molecule has 0 aliphatic carbocycles. The number of hydrogen-bond acceptors (Lipinski definition) is 6. The molecule has 0 spiro atoms. The molecule has 0 N–H and O–H groups in total. The van der Waals surface area contributed by atoms with E-state index in [1.807, 2.05) is 0 Å². The van der Waals surface area contributed by atoms with E-state index in [1.165, 1.54) is 270 Å². The first-order chi connectivity index (χ1) is 34.9. The Bertz CT molecular complexity index is 1080. The smallest absolute Gasteiger partial charge is 0.306 e. The van der Waals surface area contributed by atoms with E-state index in [0.717, 1.165) is 63.7 Å². The van der Waals surface area contributed by atoms with Gasteiger partial charge >= 0.3 is 17.9 Å². The Labute approximate surface area is 444 Å². The van der Waals surface area contributed by atoms with Crippen molar-refractivity contribution in [1.29, 1.82) is 0 Å². The van der Waals surface area contributed by atoms with Crippen LogP contribution in [0.25, 0.3) is 0 Å². The first-order valence-corrected chi connectivity index (χ1v) is 32.4. The van der Waals surface area contributed by atoms with Crippen LogP contribution < -0.4 is 0 Å². The zero-order valence-corrected chi connectivity index (χ0v) is 48.7. The minimum Gasteiger partial charge on any atom is -0.462 e. The van der Waals surface area contributed by atoms with Gasteiger partial charge in [-0.3, -0.25) is 14.4 Å². The fourth-order valence-corrected chi connectivity index (χ4v) is 10.1. The van der Waals surface area contributed by atoms with Crippen LogP contribution in [0.5, 0.6) is 0 Å².